The van der Waals surface area contributed by atoms with Crippen LogP contribution in [-0.4, -0.2) is 55.2 Å². The molecule has 0 saturated carbocycles. The van der Waals surface area contributed by atoms with Gasteiger partial charge in [-0.2, -0.15) is 5.10 Å². The lowest BCUT2D eigenvalue weighted by Crippen LogP contribution is -2.40. The van der Waals surface area contributed by atoms with Crippen molar-refractivity contribution in [1.82, 2.24) is 20.1 Å². The number of hydrazine groups is 1. The lowest BCUT2D eigenvalue weighted by molar-refractivity contribution is 0.361. The van der Waals surface area contributed by atoms with Gasteiger partial charge in [0.15, 0.2) is 9.84 Å². The fraction of sp³-hybridized carbons (Fsp3) is 0.727. The number of hydrogen-bond acceptors (Lipinski definition) is 6. The van der Waals surface area contributed by atoms with E-state index in [0.29, 0.717) is 6.54 Å². The van der Waals surface area contributed by atoms with E-state index in [-0.39, 0.29) is 0 Å². The molecule has 0 aromatic carbocycles. The second kappa shape index (κ2) is 6.99. The van der Waals surface area contributed by atoms with Crippen molar-refractivity contribution in [2.45, 2.75) is 24.8 Å². The number of sulfone groups is 1. The first-order chi connectivity index (χ1) is 9.18. The largest absolute Gasteiger partial charge is 0.308 e. The molecule has 20 heavy (non-hydrogen) atoms. The molecule has 0 aliphatic heterocycles. The highest BCUT2D eigenvalue weighted by Gasteiger charge is 2.30. The highest BCUT2D eigenvalue weighted by molar-refractivity contribution is 9.10. The van der Waals surface area contributed by atoms with E-state index in [2.05, 4.69) is 26.5 Å². The van der Waals surface area contributed by atoms with Crippen LogP contribution < -0.4 is 11.3 Å². The normalized spacial score (nSPS) is 15.6. The molecule has 116 valence electrons. The highest BCUT2D eigenvalue weighted by Crippen LogP contribution is 2.27. The Labute approximate surface area is 128 Å². The van der Waals surface area contributed by atoms with Crippen LogP contribution in [0.1, 0.15) is 18.7 Å². The molecule has 3 N–H and O–H groups in total. The van der Waals surface area contributed by atoms with E-state index in [1.54, 1.807) is 17.8 Å². The summed E-state index contributed by atoms with van der Waals surface area (Å²) in [6.45, 7) is 3.09. The number of rotatable bonds is 7. The Hall–Kier alpha value is -0.480. The van der Waals surface area contributed by atoms with Crippen LogP contribution >= 0.6 is 15.9 Å². The number of nitrogens with zero attached hydrogens (tertiary/aromatic N) is 3. The van der Waals surface area contributed by atoms with Crippen molar-refractivity contribution < 1.29 is 8.42 Å². The Balaban J connectivity index is 3.12. The van der Waals surface area contributed by atoms with Crippen LogP contribution in [0.5, 0.6) is 0 Å². The molecule has 1 heterocycles. The SMILES string of the molecule is CC(C(NN)c1c(Br)cnn1CCN(C)C)S(C)(=O)=O. The molecule has 2 unspecified atom stereocenters. The fourth-order valence-electron chi connectivity index (χ4n) is 1.84. The second-order valence-corrected chi connectivity index (χ2v) is 8.34. The van der Waals surface area contributed by atoms with Gasteiger partial charge in [0.1, 0.15) is 0 Å². The zero-order chi connectivity index (χ0) is 15.5. The topological polar surface area (TPSA) is 93.2 Å². The van der Waals surface area contributed by atoms with Crippen molar-refractivity contribution in [3.63, 3.8) is 0 Å². The third kappa shape index (κ3) is 4.26. The molecular weight excluding hydrogens is 346 g/mol. The summed E-state index contributed by atoms with van der Waals surface area (Å²) in [5.41, 5.74) is 3.34. The van der Waals surface area contributed by atoms with Gasteiger partial charge in [-0.25, -0.2) is 8.42 Å². The summed E-state index contributed by atoms with van der Waals surface area (Å²) in [6.07, 6.45) is 2.86. The average molecular weight is 368 g/mol. The van der Waals surface area contributed by atoms with Crippen LogP contribution in [0.25, 0.3) is 0 Å². The standard InChI is InChI=1S/C11H22BrN5O2S/c1-8(20(4,18)19)10(15-13)11-9(12)7-14-17(11)6-5-16(2)3/h7-8,10,15H,5-6,13H2,1-4H3. The van der Waals surface area contributed by atoms with Crippen molar-refractivity contribution in [2.75, 3.05) is 26.9 Å². The second-order valence-electron chi connectivity index (χ2n) is 5.08. The molecule has 1 aromatic heterocycles. The van der Waals surface area contributed by atoms with E-state index >= 15 is 0 Å². The molecule has 0 radical (unpaired) electrons. The molecule has 1 rings (SSSR count). The summed E-state index contributed by atoms with van der Waals surface area (Å²) < 4.78 is 26.1. The molecule has 0 aliphatic carbocycles. The number of nitrogens with one attached hydrogen (secondary N) is 1. The van der Waals surface area contributed by atoms with Crippen molar-refractivity contribution in [2.24, 2.45) is 5.84 Å². The summed E-state index contributed by atoms with van der Waals surface area (Å²) in [4.78, 5) is 2.03. The summed E-state index contributed by atoms with van der Waals surface area (Å²) in [7, 11) is 0.717. The predicted octanol–water partition coefficient (Wildman–Crippen LogP) is 0.145. The minimum absolute atomic E-state index is 0.524. The monoisotopic (exact) mass is 367 g/mol. The van der Waals surface area contributed by atoms with Crippen molar-refractivity contribution in [3.8, 4) is 0 Å². The Bertz CT molecular complexity index is 543. The minimum atomic E-state index is -3.22. The number of aromatic nitrogens is 2. The Morgan fingerprint density at radius 3 is 2.60 bits per heavy atom. The Morgan fingerprint density at radius 2 is 2.15 bits per heavy atom. The average Bonchev–Trinajstić information content (AvgIpc) is 2.68. The third-order valence-corrected chi connectivity index (χ3v) is 5.45. The summed E-state index contributed by atoms with van der Waals surface area (Å²) in [5, 5.41) is 3.62. The maximum absolute atomic E-state index is 11.8. The van der Waals surface area contributed by atoms with Crippen LogP contribution in [-0.2, 0) is 16.4 Å². The predicted molar refractivity (Wildman–Crippen MR) is 82.9 cm³/mol. The fourth-order valence-corrected chi connectivity index (χ4v) is 3.08. The molecule has 0 saturated heterocycles. The quantitative estimate of drug-likeness (QED) is 0.526. The number of halogens is 1. The van der Waals surface area contributed by atoms with Gasteiger partial charge in [0, 0.05) is 12.8 Å². The molecule has 0 spiro atoms. The van der Waals surface area contributed by atoms with Gasteiger partial charge in [0.25, 0.3) is 0 Å². The molecule has 2 atom stereocenters. The summed E-state index contributed by atoms with van der Waals surface area (Å²) >= 11 is 3.41. The zero-order valence-electron chi connectivity index (χ0n) is 12.2. The van der Waals surface area contributed by atoms with Gasteiger partial charge >= 0.3 is 0 Å². The minimum Gasteiger partial charge on any atom is -0.308 e. The molecule has 0 bridgehead atoms. The van der Waals surface area contributed by atoms with Crippen molar-refractivity contribution in [1.29, 1.82) is 0 Å². The van der Waals surface area contributed by atoms with Gasteiger partial charge in [0.2, 0.25) is 0 Å². The van der Waals surface area contributed by atoms with Gasteiger partial charge in [-0.3, -0.25) is 16.0 Å². The van der Waals surface area contributed by atoms with Crippen LogP contribution in [0.4, 0.5) is 0 Å². The van der Waals surface area contributed by atoms with E-state index in [9.17, 15) is 8.42 Å². The molecule has 0 aliphatic rings. The maximum Gasteiger partial charge on any atom is 0.152 e. The molecule has 7 nitrogen and oxygen atoms in total. The van der Waals surface area contributed by atoms with Crippen molar-refractivity contribution >= 4 is 25.8 Å². The summed E-state index contributed by atoms with van der Waals surface area (Å²) in [5.74, 6) is 5.57. The molecule has 9 heteroatoms. The van der Waals surface area contributed by atoms with Gasteiger partial charge in [-0.05, 0) is 36.9 Å². The first-order valence-electron chi connectivity index (χ1n) is 6.19. The first-order valence-corrected chi connectivity index (χ1v) is 8.94. The maximum atomic E-state index is 11.8. The number of hydrogen-bond donors (Lipinski definition) is 2. The Kier molecular flexibility index (Phi) is 6.14. The molecular formula is C11H22BrN5O2S. The van der Waals surface area contributed by atoms with Gasteiger partial charge in [0.05, 0.1) is 34.2 Å². The highest BCUT2D eigenvalue weighted by atomic mass is 79.9. The third-order valence-electron chi connectivity index (χ3n) is 3.21. The lowest BCUT2D eigenvalue weighted by Gasteiger charge is -2.24. The number of nitrogens with two attached hydrogens (primary N) is 1. The summed E-state index contributed by atoms with van der Waals surface area (Å²) in [6, 6.07) is -0.524. The van der Waals surface area contributed by atoms with Crippen LogP contribution in [0.3, 0.4) is 0 Å². The smallest absolute Gasteiger partial charge is 0.152 e. The Morgan fingerprint density at radius 1 is 1.55 bits per heavy atom. The zero-order valence-corrected chi connectivity index (χ0v) is 14.6. The van der Waals surface area contributed by atoms with E-state index < -0.39 is 21.1 Å². The van der Waals surface area contributed by atoms with E-state index in [4.69, 9.17) is 5.84 Å². The van der Waals surface area contributed by atoms with Gasteiger partial charge < -0.3 is 4.90 Å². The lowest BCUT2D eigenvalue weighted by atomic mass is 10.1. The molecule has 0 amide bonds. The van der Waals surface area contributed by atoms with Crippen LogP contribution in [0.2, 0.25) is 0 Å². The number of likely N-dealkylation sites (N-methyl/N-ethyl adjacent to an activating group) is 1. The van der Waals surface area contributed by atoms with Crippen LogP contribution in [0, 0.1) is 0 Å². The van der Waals surface area contributed by atoms with E-state index in [1.165, 1.54) is 6.26 Å². The molecule has 1 aromatic rings. The van der Waals surface area contributed by atoms with Crippen molar-refractivity contribution in [3.05, 3.63) is 16.4 Å². The molecule has 0 fully saturated rings. The van der Waals surface area contributed by atoms with Gasteiger partial charge in [-0.1, -0.05) is 0 Å². The van der Waals surface area contributed by atoms with Gasteiger partial charge in [-0.15, -0.1) is 0 Å². The van der Waals surface area contributed by atoms with Crippen LogP contribution in [0.15, 0.2) is 10.7 Å². The van der Waals surface area contributed by atoms with E-state index in [0.717, 1.165) is 16.7 Å². The first kappa shape index (κ1) is 17.6. The van der Waals surface area contributed by atoms with E-state index in [1.807, 2.05) is 19.0 Å².